The molecule has 0 atom stereocenters. The number of rotatable bonds is 5. The summed E-state index contributed by atoms with van der Waals surface area (Å²) >= 11 is 5.74. The van der Waals surface area contributed by atoms with Gasteiger partial charge in [-0.3, -0.25) is 0 Å². The number of alkyl halides is 3. The molecule has 0 unspecified atom stereocenters. The Morgan fingerprint density at radius 1 is 1.33 bits per heavy atom. The summed E-state index contributed by atoms with van der Waals surface area (Å²) in [5.74, 6) is 0. The number of aliphatic hydroxyl groups is 1. The van der Waals surface area contributed by atoms with E-state index in [4.69, 9.17) is 16.7 Å². The Morgan fingerprint density at radius 2 is 1.90 bits per heavy atom. The molecule has 1 aromatic carbocycles. The number of sulfonamides is 1. The van der Waals surface area contributed by atoms with Gasteiger partial charge in [-0.15, -0.1) is 0 Å². The van der Waals surface area contributed by atoms with Gasteiger partial charge in [0.2, 0.25) is 10.0 Å². The summed E-state index contributed by atoms with van der Waals surface area (Å²) in [6.07, 6.45) is -4.67. The Kier molecular flexibility index (Phi) is 5.65. The van der Waals surface area contributed by atoms with Gasteiger partial charge in [0.25, 0.3) is 0 Å². The average molecular weight is 346 g/mol. The Hall–Kier alpha value is -0.830. The third-order valence-electron chi connectivity index (χ3n) is 2.74. The predicted octanol–water partition coefficient (Wildman–Crippen LogP) is 2.75. The first-order chi connectivity index (χ1) is 9.51. The number of halogens is 4. The van der Waals surface area contributed by atoms with Gasteiger partial charge in [0, 0.05) is 12.6 Å². The highest BCUT2D eigenvalue weighted by molar-refractivity contribution is 7.89. The van der Waals surface area contributed by atoms with Crippen LogP contribution in [0.15, 0.2) is 23.1 Å². The first-order valence-corrected chi connectivity index (χ1v) is 7.83. The van der Waals surface area contributed by atoms with Gasteiger partial charge in [-0.05, 0) is 32.0 Å². The van der Waals surface area contributed by atoms with Crippen LogP contribution in [0.1, 0.15) is 19.4 Å². The second kappa shape index (κ2) is 6.51. The molecule has 0 saturated heterocycles. The van der Waals surface area contributed by atoms with E-state index in [0.29, 0.717) is 12.1 Å². The molecule has 0 aromatic heterocycles. The van der Waals surface area contributed by atoms with E-state index < -0.39 is 39.3 Å². The van der Waals surface area contributed by atoms with Crippen LogP contribution in [0.3, 0.4) is 0 Å². The molecule has 0 aliphatic carbocycles. The van der Waals surface area contributed by atoms with E-state index in [9.17, 15) is 21.6 Å². The summed E-state index contributed by atoms with van der Waals surface area (Å²) in [6.45, 7) is 2.42. The fourth-order valence-corrected chi connectivity index (χ4v) is 3.89. The second-order valence-corrected chi connectivity index (χ2v) is 6.84. The summed E-state index contributed by atoms with van der Waals surface area (Å²) in [4.78, 5) is -0.624. The van der Waals surface area contributed by atoms with Crippen molar-refractivity contribution < 1.29 is 26.7 Å². The van der Waals surface area contributed by atoms with Crippen molar-refractivity contribution in [2.45, 2.75) is 31.0 Å². The van der Waals surface area contributed by atoms with Crippen LogP contribution in [0.4, 0.5) is 13.2 Å². The van der Waals surface area contributed by atoms with Gasteiger partial charge in [0.05, 0.1) is 17.2 Å². The Labute approximate surface area is 126 Å². The molecular formula is C12H15ClF3NO3S. The van der Waals surface area contributed by atoms with Crippen LogP contribution in [0, 0.1) is 0 Å². The molecule has 1 rings (SSSR count). The lowest BCUT2D eigenvalue weighted by Gasteiger charge is -2.25. The fourth-order valence-electron chi connectivity index (χ4n) is 1.76. The van der Waals surface area contributed by atoms with Crippen LogP contribution < -0.4 is 0 Å². The van der Waals surface area contributed by atoms with E-state index in [1.54, 1.807) is 13.8 Å². The molecule has 0 radical (unpaired) electrons. The lowest BCUT2D eigenvalue weighted by atomic mass is 10.2. The van der Waals surface area contributed by atoms with Crippen molar-refractivity contribution in [2.24, 2.45) is 0 Å². The topological polar surface area (TPSA) is 57.6 Å². The third kappa shape index (κ3) is 4.09. The van der Waals surface area contributed by atoms with Crippen LogP contribution in [-0.4, -0.2) is 37.0 Å². The quantitative estimate of drug-likeness (QED) is 0.892. The van der Waals surface area contributed by atoms with Gasteiger partial charge in [-0.2, -0.15) is 17.5 Å². The number of nitrogens with zero attached hydrogens (tertiary/aromatic N) is 1. The van der Waals surface area contributed by atoms with Crippen LogP contribution >= 0.6 is 11.6 Å². The minimum atomic E-state index is -4.67. The summed E-state index contributed by atoms with van der Waals surface area (Å²) in [7, 11) is -4.23. The van der Waals surface area contributed by atoms with Crippen LogP contribution in [0.5, 0.6) is 0 Å². The normalized spacial score (nSPS) is 13.2. The SMILES string of the molecule is CC(C)N(CCO)S(=O)(=O)c1cc(C(F)(F)F)ccc1Cl. The van der Waals surface area contributed by atoms with E-state index >= 15 is 0 Å². The van der Waals surface area contributed by atoms with Crippen molar-refractivity contribution in [3.05, 3.63) is 28.8 Å². The van der Waals surface area contributed by atoms with Crippen LogP contribution in [-0.2, 0) is 16.2 Å². The smallest absolute Gasteiger partial charge is 0.395 e. The second-order valence-electron chi connectivity index (χ2n) is 4.58. The molecule has 0 spiro atoms. The number of benzene rings is 1. The maximum Gasteiger partial charge on any atom is 0.416 e. The van der Waals surface area contributed by atoms with Gasteiger partial charge in [0.15, 0.2) is 0 Å². The Bertz CT molecular complexity index is 602. The van der Waals surface area contributed by atoms with E-state index in [0.717, 1.165) is 10.4 Å². The number of hydrogen-bond donors (Lipinski definition) is 1. The zero-order valence-electron chi connectivity index (χ0n) is 11.4. The van der Waals surface area contributed by atoms with Crippen molar-refractivity contribution in [1.29, 1.82) is 0 Å². The van der Waals surface area contributed by atoms with Crippen molar-refractivity contribution in [3.63, 3.8) is 0 Å². The molecule has 9 heteroatoms. The zero-order valence-corrected chi connectivity index (χ0v) is 12.9. The number of hydrogen-bond acceptors (Lipinski definition) is 3. The molecule has 1 N–H and O–H groups in total. The summed E-state index contributed by atoms with van der Waals surface area (Å²) < 4.78 is 63.9. The largest absolute Gasteiger partial charge is 0.416 e. The lowest BCUT2D eigenvalue weighted by molar-refractivity contribution is -0.137. The molecule has 0 saturated carbocycles. The molecule has 0 aliphatic heterocycles. The Balaban J connectivity index is 3.43. The van der Waals surface area contributed by atoms with Crippen molar-refractivity contribution in [2.75, 3.05) is 13.2 Å². The van der Waals surface area contributed by atoms with Gasteiger partial charge < -0.3 is 5.11 Å². The van der Waals surface area contributed by atoms with Crippen molar-refractivity contribution in [1.82, 2.24) is 4.31 Å². The highest BCUT2D eigenvalue weighted by Crippen LogP contribution is 2.34. The van der Waals surface area contributed by atoms with Crippen molar-refractivity contribution >= 4 is 21.6 Å². The molecule has 0 amide bonds. The fraction of sp³-hybridized carbons (Fsp3) is 0.500. The lowest BCUT2D eigenvalue weighted by Crippen LogP contribution is -2.39. The maximum absolute atomic E-state index is 12.7. The first kappa shape index (κ1) is 18.2. The molecule has 0 aliphatic rings. The van der Waals surface area contributed by atoms with Crippen LogP contribution in [0.25, 0.3) is 0 Å². The highest BCUT2D eigenvalue weighted by Gasteiger charge is 2.34. The number of aliphatic hydroxyl groups excluding tert-OH is 1. The van der Waals surface area contributed by atoms with E-state index in [1.807, 2.05) is 0 Å². The minimum Gasteiger partial charge on any atom is -0.395 e. The Morgan fingerprint density at radius 3 is 2.33 bits per heavy atom. The summed E-state index contributed by atoms with van der Waals surface area (Å²) in [5.41, 5.74) is -1.10. The molecule has 21 heavy (non-hydrogen) atoms. The molecule has 4 nitrogen and oxygen atoms in total. The monoisotopic (exact) mass is 345 g/mol. The minimum absolute atomic E-state index is 0.230. The zero-order chi connectivity index (χ0) is 16.4. The highest BCUT2D eigenvalue weighted by atomic mass is 35.5. The molecule has 0 fully saturated rings. The van der Waals surface area contributed by atoms with E-state index in [1.165, 1.54) is 0 Å². The first-order valence-electron chi connectivity index (χ1n) is 6.01. The van der Waals surface area contributed by atoms with Gasteiger partial charge in [-0.25, -0.2) is 8.42 Å². The van der Waals surface area contributed by atoms with E-state index in [2.05, 4.69) is 0 Å². The third-order valence-corrected chi connectivity index (χ3v) is 5.30. The van der Waals surface area contributed by atoms with Crippen molar-refractivity contribution in [3.8, 4) is 0 Å². The predicted molar refractivity (Wildman–Crippen MR) is 72.6 cm³/mol. The summed E-state index contributed by atoms with van der Waals surface area (Å²) in [6, 6.07) is 1.58. The van der Waals surface area contributed by atoms with Gasteiger partial charge >= 0.3 is 6.18 Å². The maximum atomic E-state index is 12.7. The van der Waals surface area contributed by atoms with Crippen LogP contribution in [0.2, 0.25) is 5.02 Å². The molecular weight excluding hydrogens is 331 g/mol. The van der Waals surface area contributed by atoms with Gasteiger partial charge in [-0.1, -0.05) is 11.6 Å². The molecule has 1 aromatic rings. The standard InChI is InChI=1S/C12H15ClF3NO3S/c1-8(2)17(5-6-18)21(19,20)11-7-9(12(14,15)16)3-4-10(11)13/h3-4,7-8,18H,5-6H2,1-2H3. The summed E-state index contributed by atoms with van der Waals surface area (Å²) in [5, 5.41) is 8.63. The van der Waals surface area contributed by atoms with E-state index in [-0.39, 0.29) is 11.6 Å². The van der Waals surface area contributed by atoms with Gasteiger partial charge in [0.1, 0.15) is 4.90 Å². The molecule has 120 valence electrons. The average Bonchev–Trinajstić information content (AvgIpc) is 2.34. The molecule has 0 bridgehead atoms. The molecule has 0 heterocycles.